The molecule has 3 heterocycles. The highest BCUT2D eigenvalue weighted by molar-refractivity contribution is 5.78. The molecule has 1 spiro atoms. The van der Waals surface area contributed by atoms with E-state index in [0.29, 0.717) is 17.2 Å². The molecule has 1 atom stereocenters. The van der Waals surface area contributed by atoms with Crippen LogP contribution in [0.5, 0.6) is 17.2 Å². The molecule has 3 aromatic rings. The summed E-state index contributed by atoms with van der Waals surface area (Å²) >= 11 is 0. The number of nitrogens with zero attached hydrogens (tertiary/aromatic N) is 2. The molecule has 1 aromatic heterocycles. The first-order valence-electron chi connectivity index (χ1n) is 9.53. The van der Waals surface area contributed by atoms with Crippen LogP contribution >= 0.6 is 0 Å². The van der Waals surface area contributed by atoms with Crippen LogP contribution in [0.25, 0.3) is 11.1 Å². The molecule has 5 rings (SSSR count). The molecule has 0 aliphatic carbocycles. The zero-order valence-corrected chi connectivity index (χ0v) is 16.3. The fourth-order valence-corrected chi connectivity index (χ4v) is 3.82. The van der Waals surface area contributed by atoms with Crippen LogP contribution in [0.15, 0.2) is 65.9 Å². The number of Topliss-reactive ketones (excluding diaryl/α,β-unsaturated/α-hetero) is 1. The number of pyridine rings is 1. The number of ketones is 1. The molecule has 0 amide bonds. The van der Waals surface area contributed by atoms with Gasteiger partial charge in [-0.15, -0.1) is 0 Å². The van der Waals surface area contributed by atoms with E-state index >= 15 is 0 Å². The largest absolute Gasteiger partial charge is 0.486 e. The summed E-state index contributed by atoms with van der Waals surface area (Å²) in [5.74, 6) is 1.83. The van der Waals surface area contributed by atoms with Gasteiger partial charge in [-0.1, -0.05) is 12.1 Å². The summed E-state index contributed by atoms with van der Waals surface area (Å²) in [6.45, 7) is 1.72. The van der Waals surface area contributed by atoms with Crippen molar-refractivity contribution < 1.29 is 19.0 Å². The summed E-state index contributed by atoms with van der Waals surface area (Å²) in [4.78, 5) is 20.2. The Hall–Kier alpha value is -3.87. The normalized spacial score (nSPS) is 18.6. The first kappa shape index (κ1) is 18.2. The summed E-state index contributed by atoms with van der Waals surface area (Å²) in [6.07, 6.45) is 3.55. The van der Waals surface area contributed by atoms with E-state index < -0.39 is 5.54 Å². The van der Waals surface area contributed by atoms with Crippen molar-refractivity contribution in [2.24, 2.45) is 10.7 Å². The van der Waals surface area contributed by atoms with Crippen molar-refractivity contribution in [1.29, 1.82) is 0 Å². The maximum absolute atomic E-state index is 11.3. The number of hydrogen-bond acceptors (Lipinski definition) is 7. The van der Waals surface area contributed by atoms with E-state index in [4.69, 9.17) is 19.9 Å². The van der Waals surface area contributed by atoms with Gasteiger partial charge in [0.05, 0.1) is 0 Å². The monoisotopic (exact) mass is 401 g/mol. The van der Waals surface area contributed by atoms with Crippen LogP contribution in [-0.4, -0.2) is 30.0 Å². The Bertz CT molecular complexity index is 1180. The Morgan fingerprint density at radius 1 is 1.13 bits per heavy atom. The average molecular weight is 401 g/mol. The van der Waals surface area contributed by atoms with Gasteiger partial charge < -0.3 is 19.9 Å². The molecule has 30 heavy (non-hydrogen) atoms. The van der Waals surface area contributed by atoms with Crippen LogP contribution in [0.4, 0.5) is 0 Å². The molecular formula is C23H19N3O4. The predicted molar refractivity (Wildman–Crippen MR) is 111 cm³/mol. The lowest BCUT2D eigenvalue weighted by Gasteiger charge is -2.34. The van der Waals surface area contributed by atoms with E-state index in [1.165, 1.54) is 6.92 Å². The Morgan fingerprint density at radius 2 is 1.93 bits per heavy atom. The van der Waals surface area contributed by atoms with Gasteiger partial charge in [0.1, 0.15) is 30.5 Å². The molecule has 0 bridgehead atoms. The van der Waals surface area contributed by atoms with Gasteiger partial charge in [-0.3, -0.25) is 9.78 Å². The lowest BCUT2D eigenvalue weighted by atomic mass is 9.80. The molecule has 2 N–H and O–H groups in total. The molecule has 7 nitrogen and oxygen atoms in total. The minimum atomic E-state index is -0.860. The second kappa shape index (κ2) is 6.88. The maximum Gasteiger partial charge on any atom is 0.283 e. The van der Waals surface area contributed by atoms with Gasteiger partial charge in [0, 0.05) is 29.1 Å². The minimum absolute atomic E-state index is 0.00368. The standard InChI is InChI=1S/C23H19N3O4/c1-14(27)12-28-17-5-7-21-19(10-17)23(13-29-22(24)26-23)18-9-15(4-6-20(18)30-21)16-3-2-8-25-11-16/h2-11H,12-13H2,1H3,(H2,24,26). The number of hydrogen-bond donors (Lipinski definition) is 1. The fraction of sp³-hybridized carbons (Fsp3) is 0.174. The highest BCUT2D eigenvalue weighted by atomic mass is 16.5. The van der Waals surface area contributed by atoms with E-state index in [-0.39, 0.29) is 25.0 Å². The van der Waals surface area contributed by atoms with E-state index in [9.17, 15) is 4.79 Å². The summed E-state index contributed by atoms with van der Waals surface area (Å²) in [5.41, 5.74) is 8.67. The SMILES string of the molecule is CC(=O)COc1ccc2c(c1)C1(COC(N)=N1)c1cc(-c3cccnc3)ccc1O2. The maximum atomic E-state index is 11.3. The zero-order valence-electron chi connectivity index (χ0n) is 16.3. The first-order valence-corrected chi connectivity index (χ1v) is 9.53. The van der Waals surface area contributed by atoms with Crippen LogP contribution in [0, 0.1) is 0 Å². The zero-order chi connectivity index (χ0) is 20.7. The van der Waals surface area contributed by atoms with Crippen molar-refractivity contribution in [3.05, 3.63) is 72.1 Å². The third kappa shape index (κ3) is 2.95. The minimum Gasteiger partial charge on any atom is -0.486 e. The third-order valence-corrected chi connectivity index (χ3v) is 5.21. The molecule has 0 saturated heterocycles. The van der Waals surface area contributed by atoms with Crippen molar-refractivity contribution in [1.82, 2.24) is 4.98 Å². The summed E-state index contributed by atoms with van der Waals surface area (Å²) in [5, 5.41) is 0. The van der Waals surface area contributed by atoms with Gasteiger partial charge in [-0.2, -0.15) is 0 Å². The molecule has 0 radical (unpaired) electrons. The van der Waals surface area contributed by atoms with Gasteiger partial charge >= 0.3 is 0 Å². The summed E-state index contributed by atoms with van der Waals surface area (Å²) in [6, 6.07) is 15.4. The number of benzene rings is 2. The number of carbonyl (C=O) groups is 1. The Morgan fingerprint density at radius 3 is 2.63 bits per heavy atom. The molecular weight excluding hydrogens is 382 g/mol. The second-order valence-electron chi connectivity index (χ2n) is 7.30. The van der Waals surface area contributed by atoms with Gasteiger partial charge in [0.15, 0.2) is 11.3 Å². The van der Waals surface area contributed by atoms with Gasteiger partial charge in [-0.05, 0) is 48.9 Å². The number of aliphatic imine (C=N–C) groups is 1. The number of ether oxygens (including phenoxy) is 3. The molecule has 2 aromatic carbocycles. The molecule has 0 fully saturated rings. The Balaban J connectivity index is 1.66. The molecule has 0 saturated carbocycles. The summed E-state index contributed by atoms with van der Waals surface area (Å²) < 4.78 is 17.4. The lowest BCUT2D eigenvalue weighted by Crippen LogP contribution is -2.31. The molecule has 150 valence electrons. The number of nitrogens with two attached hydrogens (primary N) is 1. The van der Waals surface area contributed by atoms with Crippen LogP contribution in [0.3, 0.4) is 0 Å². The lowest BCUT2D eigenvalue weighted by molar-refractivity contribution is -0.118. The van der Waals surface area contributed by atoms with Gasteiger partial charge in [-0.25, -0.2) is 4.99 Å². The number of fused-ring (bicyclic) bond motifs is 4. The average Bonchev–Trinajstić information content (AvgIpc) is 3.15. The number of aromatic nitrogens is 1. The number of amidine groups is 1. The third-order valence-electron chi connectivity index (χ3n) is 5.21. The van der Waals surface area contributed by atoms with Crippen LogP contribution in [-0.2, 0) is 15.1 Å². The van der Waals surface area contributed by atoms with Gasteiger partial charge in [0.25, 0.3) is 6.02 Å². The van der Waals surface area contributed by atoms with Crippen molar-refractivity contribution >= 4 is 11.8 Å². The second-order valence-corrected chi connectivity index (χ2v) is 7.30. The van der Waals surface area contributed by atoms with Crippen molar-refractivity contribution in [2.75, 3.05) is 13.2 Å². The van der Waals surface area contributed by atoms with Crippen molar-refractivity contribution in [2.45, 2.75) is 12.5 Å². The Labute approximate surface area is 173 Å². The van der Waals surface area contributed by atoms with Crippen LogP contribution in [0.1, 0.15) is 18.1 Å². The van der Waals surface area contributed by atoms with E-state index in [0.717, 1.165) is 22.3 Å². The van der Waals surface area contributed by atoms with E-state index in [1.54, 1.807) is 12.3 Å². The molecule has 2 aliphatic heterocycles. The summed E-state index contributed by atoms with van der Waals surface area (Å²) in [7, 11) is 0. The fourth-order valence-electron chi connectivity index (χ4n) is 3.82. The van der Waals surface area contributed by atoms with Crippen molar-refractivity contribution in [3.8, 4) is 28.4 Å². The van der Waals surface area contributed by atoms with Gasteiger partial charge in [0.2, 0.25) is 0 Å². The highest BCUT2D eigenvalue weighted by Crippen LogP contribution is 2.52. The predicted octanol–water partition coefficient (Wildman–Crippen LogP) is 3.41. The highest BCUT2D eigenvalue weighted by Gasteiger charge is 2.47. The molecule has 2 aliphatic rings. The topological polar surface area (TPSA) is 96.0 Å². The molecule has 7 heteroatoms. The Kier molecular flexibility index (Phi) is 4.17. The van der Waals surface area contributed by atoms with E-state index in [2.05, 4.69) is 9.98 Å². The quantitative estimate of drug-likeness (QED) is 0.720. The smallest absolute Gasteiger partial charge is 0.283 e. The first-order chi connectivity index (χ1) is 14.5. The number of rotatable bonds is 4. The van der Waals surface area contributed by atoms with Crippen LogP contribution < -0.4 is 15.2 Å². The number of carbonyl (C=O) groups excluding carboxylic acids is 1. The van der Waals surface area contributed by atoms with E-state index in [1.807, 2.05) is 48.7 Å². The van der Waals surface area contributed by atoms with Crippen LogP contribution in [0.2, 0.25) is 0 Å². The molecule has 1 unspecified atom stereocenters. The van der Waals surface area contributed by atoms with Crippen molar-refractivity contribution in [3.63, 3.8) is 0 Å².